The number of rotatable bonds is 6. The van der Waals surface area contributed by atoms with Gasteiger partial charge in [0.25, 0.3) is 15.9 Å². The molecular formula is C19H20ClFN2O4S. The van der Waals surface area contributed by atoms with E-state index >= 15 is 0 Å². The number of aliphatic hydroxyl groups excluding tert-OH is 1. The van der Waals surface area contributed by atoms with Crippen molar-refractivity contribution in [2.75, 3.05) is 24.4 Å². The third kappa shape index (κ3) is 4.63. The van der Waals surface area contributed by atoms with Gasteiger partial charge in [-0.25, -0.2) is 12.8 Å². The summed E-state index contributed by atoms with van der Waals surface area (Å²) < 4.78 is 40.4. The Morgan fingerprint density at radius 1 is 1.25 bits per heavy atom. The summed E-state index contributed by atoms with van der Waals surface area (Å²) in [5.41, 5.74) is 0.383. The molecule has 1 atom stereocenters. The van der Waals surface area contributed by atoms with Gasteiger partial charge in [0.15, 0.2) is 0 Å². The van der Waals surface area contributed by atoms with E-state index in [0.29, 0.717) is 25.1 Å². The predicted molar refractivity (Wildman–Crippen MR) is 104 cm³/mol. The number of halogens is 2. The van der Waals surface area contributed by atoms with E-state index in [-0.39, 0.29) is 34.0 Å². The molecule has 2 N–H and O–H groups in total. The number of likely N-dealkylation sites (tertiary alicyclic amines) is 1. The lowest BCUT2D eigenvalue weighted by Gasteiger charge is -2.18. The van der Waals surface area contributed by atoms with Gasteiger partial charge in [0.2, 0.25) is 0 Å². The van der Waals surface area contributed by atoms with Gasteiger partial charge in [-0.05, 0) is 61.2 Å². The first-order valence-electron chi connectivity index (χ1n) is 8.78. The van der Waals surface area contributed by atoms with E-state index in [1.165, 1.54) is 12.1 Å². The number of hydrogen-bond acceptors (Lipinski definition) is 4. The Morgan fingerprint density at radius 2 is 1.96 bits per heavy atom. The molecule has 28 heavy (non-hydrogen) atoms. The highest BCUT2D eigenvalue weighted by Crippen LogP contribution is 2.28. The number of carbonyl (C=O) groups is 1. The topological polar surface area (TPSA) is 86.7 Å². The van der Waals surface area contributed by atoms with E-state index in [4.69, 9.17) is 16.7 Å². The number of amides is 1. The molecule has 2 aromatic carbocycles. The first-order valence-corrected chi connectivity index (χ1v) is 10.6. The van der Waals surface area contributed by atoms with Crippen molar-refractivity contribution >= 4 is 33.2 Å². The molecule has 0 aromatic heterocycles. The number of aliphatic hydroxyl groups is 1. The van der Waals surface area contributed by atoms with E-state index in [1.807, 2.05) is 0 Å². The van der Waals surface area contributed by atoms with Crippen LogP contribution < -0.4 is 4.72 Å². The number of nitrogens with zero attached hydrogens (tertiary/aromatic N) is 1. The van der Waals surface area contributed by atoms with E-state index < -0.39 is 15.8 Å². The highest BCUT2D eigenvalue weighted by atomic mass is 35.5. The highest BCUT2D eigenvalue weighted by molar-refractivity contribution is 7.92. The van der Waals surface area contributed by atoms with Crippen molar-refractivity contribution in [3.05, 3.63) is 58.9 Å². The van der Waals surface area contributed by atoms with Crippen LogP contribution >= 0.6 is 11.6 Å². The first-order chi connectivity index (χ1) is 13.3. The fraction of sp³-hybridized carbons (Fsp3) is 0.316. The van der Waals surface area contributed by atoms with Crippen LogP contribution in [-0.2, 0) is 10.0 Å². The van der Waals surface area contributed by atoms with Crippen LogP contribution in [-0.4, -0.2) is 44.0 Å². The lowest BCUT2D eigenvalue weighted by Crippen LogP contribution is -2.29. The highest BCUT2D eigenvalue weighted by Gasteiger charge is 2.27. The number of sulfonamides is 1. The van der Waals surface area contributed by atoms with Gasteiger partial charge in [-0.2, -0.15) is 0 Å². The molecule has 1 aliphatic heterocycles. The minimum Gasteiger partial charge on any atom is -0.396 e. The number of hydrogen-bond donors (Lipinski definition) is 2. The van der Waals surface area contributed by atoms with Crippen LogP contribution in [0.15, 0.2) is 47.4 Å². The molecule has 0 unspecified atom stereocenters. The molecule has 0 bridgehead atoms. The summed E-state index contributed by atoms with van der Waals surface area (Å²) in [6.07, 6.45) is 1.47. The molecule has 150 valence electrons. The lowest BCUT2D eigenvalue weighted by molar-refractivity contribution is 0.0785. The summed E-state index contributed by atoms with van der Waals surface area (Å²) in [5.74, 6) is -0.508. The normalized spacial score (nSPS) is 17.0. The van der Waals surface area contributed by atoms with Crippen molar-refractivity contribution in [3.8, 4) is 0 Å². The van der Waals surface area contributed by atoms with Crippen molar-refractivity contribution in [2.45, 2.75) is 17.7 Å². The van der Waals surface area contributed by atoms with Crippen LogP contribution in [0.4, 0.5) is 10.1 Å². The maximum atomic E-state index is 13.0. The van der Waals surface area contributed by atoms with Crippen LogP contribution in [0.5, 0.6) is 0 Å². The average molecular weight is 427 g/mol. The van der Waals surface area contributed by atoms with E-state index in [0.717, 1.165) is 30.7 Å². The Labute approximate surface area is 168 Å². The number of carbonyl (C=O) groups excluding carboxylic acids is 1. The molecule has 0 saturated carbocycles. The Balaban J connectivity index is 1.80. The molecule has 1 heterocycles. The Morgan fingerprint density at radius 3 is 2.64 bits per heavy atom. The Kier molecular flexibility index (Phi) is 6.22. The number of anilines is 1. The standard InChI is InChI=1S/C19H20ClFN2O4S/c20-17-6-1-14(19(25)23-9-7-13(12-23)8-10-24)11-18(17)22-28(26,27)16-4-2-15(21)3-5-16/h1-6,11,13,22,24H,7-10,12H2/t13-/m0/s1. The fourth-order valence-electron chi connectivity index (χ4n) is 3.17. The monoisotopic (exact) mass is 426 g/mol. The van der Waals surface area contributed by atoms with Gasteiger partial charge in [-0.3, -0.25) is 9.52 Å². The van der Waals surface area contributed by atoms with Crippen molar-refractivity contribution in [1.29, 1.82) is 0 Å². The minimum atomic E-state index is -3.98. The third-order valence-electron chi connectivity index (χ3n) is 4.69. The summed E-state index contributed by atoms with van der Waals surface area (Å²) in [6.45, 7) is 1.23. The quantitative estimate of drug-likeness (QED) is 0.743. The van der Waals surface area contributed by atoms with Crippen molar-refractivity contribution < 1.29 is 22.7 Å². The van der Waals surface area contributed by atoms with E-state index in [9.17, 15) is 17.6 Å². The molecule has 9 heteroatoms. The zero-order chi connectivity index (χ0) is 20.3. The molecule has 3 rings (SSSR count). The van der Waals surface area contributed by atoms with Crippen LogP contribution in [0.3, 0.4) is 0 Å². The molecule has 2 aromatic rings. The number of nitrogens with one attached hydrogen (secondary N) is 1. The van der Waals surface area contributed by atoms with Gasteiger partial charge >= 0.3 is 0 Å². The SMILES string of the molecule is O=C(c1ccc(Cl)c(NS(=O)(=O)c2ccc(F)cc2)c1)N1CC[C@@H](CCO)C1. The fourth-order valence-corrected chi connectivity index (χ4v) is 4.46. The van der Waals surface area contributed by atoms with Crippen molar-refractivity contribution in [1.82, 2.24) is 4.90 Å². The molecule has 0 spiro atoms. The molecule has 1 fully saturated rings. The van der Waals surface area contributed by atoms with Crippen molar-refractivity contribution in [2.24, 2.45) is 5.92 Å². The molecule has 0 aliphatic carbocycles. The first kappa shape index (κ1) is 20.6. The number of benzene rings is 2. The summed E-state index contributed by atoms with van der Waals surface area (Å²) in [6, 6.07) is 8.78. The molecule has 6 nitrogen and oxygen atoms in total. The summed E-state index contributed by atoms with van der Waals surface area (Å²) >= 11 is 6.10. The Bertz CT molecular complexity index is 966. The largest absolute Gasteiger partial charge is 0.396 e. The van der Waals surface area contributed by atoms with Gasteiger partial charge in [0.05, 0.1) is 15.6 Å². The molecule has 0 radical (unpaired) electrons. The maximum Gasteiger partial charge on any atom is 0.261 e. The Hall–Kier alpha value is -2.16. The maximum absolute atomic E-state index is 13.0. The van der Waals surface area contributed by atoms with Crippen molar-refractivity contribution in [3.63, 3.8) is 0 Å². The van der Waals surface area contributed by atoms with Gasteiger partial charge in [0, 0.05) is 25.3 Å². The third-order valence-corrected chi connectivity index (χ3v) is 6.40. The molecular weight excluding hydrogens is 407 g/mol. The average Bonchev–Trinajstić information content (AvgIpc) is 3.12. The molecule has 1 aliphatic rings. The lowest BCUT2D eigenvalue weighted by atomic mass is 10.1. The van der Waals surface area contributed by atoms with Crippen LogP contribution in [0.2, 0.25) is 5.02 Å². The van der Waals surface area contributed by atoms with Gasteiger partial charge in [-0.1, -0.05) is 11.6 Å². The van der Waals surface area contributed by atoms with Gasteiger partial charge in [0.1, 0.15) is 5.82 Å². The van der Waals surface area contributed by atoms with Crippen LogP contribution in [0.1, 0.15) is 23.2 Å². The van der Waals surface area contributed by atoms with Gasteiger partial charge in [-0.15, -0.1) is 0 Å². The predicted octanol–water partition coefficient (Wildman–Crippen LogP) is 3.12. The summed E-state index contributed by atoms with van der Waals surface area (Å²) in [4.78, 5) is 14.3. The zero-order valence-corrected chi connectivity index (χ0v) is 16.5. The van der Waals surface area contributed by atoms with Gasteiger partial charge < -0.3 is 10.0 Å². The van der Waals surface area contributed by atoms with E-state index in [1.54, 1.807) is 11.0 Å². The van der Waals surface area contributed by atoms with Crippen LogP contribution in [0.25, 0.3) is 0 Å². The van der Waals surface area contributed by atoms with E-state index in [2.05, 4.69) is 4.72 Å². The second-order valence-electron chi connectivity index (χ2n) is 6.67. The molecule has 1 amide bonds. The molecule has 1 saturated heterocycles. The minimum absolute atomic E-state index is 0.0722. The smallest absolute Gasteiger partial charge is 0.261 e. The summed E-state index contributed by atoms with van der Waals surface area (Å²) in [7, 11) is -3.98. The van der Waals surface area contributed by atoms with Crippen LogP contribution in [0, 0.1) is 11.7 Å². The second-order valence-corrected chi connectivity index (χ2v) is 8.76. The summed E-state index contributed by atoms with van der Waals surface area (Å²) in [5, 5.41) is 9.19. The zero-order valence-electron chi connectivity index (χ0n) is 14.9. The second kappa shape index (κ2) is 8.46.